The predicted molar refractivity (Wildman–Crippen MR) is 50.1 cm³/mol. The van der Waals surface area contributed by atoms with Crippen molar-refractivity contribution < 1.29 is 4.92 Å². The van der Waals surface area contributed by atoms with E-state index in [4.69, 9.17) is 5.73 Å². The Labute approximate surface area is 77.7 Å². The zero-order valence-electron chi connectivity index (χ0n) is 6.16. The van der Waals surface area contributed by atoms with Crippen molar-refractivity contribution in [2.75, 3.05) is 5.73 Å². The second-order valence-corrected chi connectivity index (χ2v) is 2.81. The van der Waals surface area contributed by atoms with Gasteiger partial charge in [0.1, 0.15) is 5.69 Å². The number of para-hydroxylation sites is 1. The highest BCUT2D eigenvalue weighted by Gasteiger charge is 2.15. The van der Waals surface area contributed by atoms with Crippen LogP contribution in [0, 0.1) is 10.1 Å². The van der Waals surface area contributed by atoms with Gasteiger partial charge in [-0.25, -0.2) is 0 Å². The van der Waals surface area contributed by atoms with Gasteiger partial charge in [-0.3, -0.25) is 10.1 Å². The summed E-state index contributed by atoms with van der Waals surface area (Å²) in [5.74, 6) is 0. The molecule has 0 aliphatic heterocycles. The van der Waals surface area contributed by atoms with Crippen molar-refractivity contribution in [1.82, 2.24) is 0 Å². The highest BCUT2D eigenvalue weighted by Crippen LogP contribution is 2.27. The van der Waals surface area contributed by atoms with E-state index in [1.54, 1.807) is 12.1 Å². The van der Waals surface area contributed by atoms with E-state index in [9.17, 15) is 10.1 Å². The first kappa shape index (κ1) is 8.99. The van der Waals surface area contributed by atoms with Gasteiger partial charge < -0.3 is 5.73 Å². The summed E-state index contributed by atoms with van der Waals surface area (Å²) in [4.78, 5) is 10.0. The molecule has 12 heavy (non-hydrogen) atoms. The molecule has 5 heteroatoms. The molecule has 0 saturated heterocycles. The van der Waals surface area contributed by atoms with Crippen molar-refractivity contribution in [2.24, 2.45) is 0 Å². The molecule has 4 nitrogen and oxygen atoms in total. The molecular formula is C7H7BrN2O2. The first-order valence-electron chi connectivity index (χ1n) is 3.24. The van der Waals surface area contributed by atoms with Crippen LogP contribution in [0.5, 0.6) is 0 Å². The van der Waals surface area contributed by atoms with Gasteiger partial charge in [0.25, 0.3) is 5.69 Å². The fourth-order valence-corrected chi connectivity index (χ4v) is 1.39. The molecule has 0 unspecified atom stereocenters. The van der Waals surface area contributed by atoms with Gasteiger partial charge in [-0.1, -0.05) is 28.1 Å². The summed E-state index contributed by atoms with van der Waals surface area (Å²) in [5.41, 5.74) is 6.23. The lowest BCUT2D eigenvalue weighted by Crippen LogP contribution is -1.98. The zero-order chi connectivity index (χ0) is 9.14. The van der Waals surface area contributed by atoms with E-state index >= 15 is 0 Å². The van der Waals surface area contributed by atoms with Crippen molar-refractivity contribution in [3.8, 4) is 0 Å². The van der Waals surface area contributed by atoms with Crippen LogP contribution in [-0.4, -0.2) is 4.92 Å². The molecule has 64 valence electrons. The van der Waals surface area contributed by atoms with Gasteiger partial charge in [0.15, 0.2) is 0 Å². The van der Waals surface area contributed by atoms with Crippen molar-refractivity contribution >= 4 is 27.3 Å². The third-order valence-electron chi connectivity index (χ3n) is 1.48. The van der Waals surface area contributed by atoms with E-state index in [1.807, 2.05) is 0 Å². The molecule has 0 aliphatic carbocycles. The lowest BCUT2D eigenvalue weighted by Gasteiger charge is -2.00. The fraction of sp³-hybridized carbons (Fsp3) is 0.143. The SMILES string of the molecule is Nc1cccc(CBr)c1[N+](=O)[O-]. The molecule has 0 aliphatic rings. The monoisotopic (exact) mass is 230 g/mol. The van der Waals surface area contributed by atoms with Gasteiger partial charge >= 0.3 is 0 Å². The number of halogens is 1. The summed E-state index contributed by atoms with van der Waals surface area (Å²) in [7, 11) is 0. The normalized spacial score (nSPS) is 9.75. The van der Waals surface area contributed by atoms with Gasteiger partial charge in [0.2, 0.25) is 0 Å². The topological polar surface area (TPSA) is 69.2 Å². The Morgan fingerprint density at radius 3 is 2.67 bits per heavy atom. The average Bonchev–Trinajstić information content (AvgIpc) is 2.03. The number of rotatable bonds is 2. The number of hydrogen-bond acceptors (Lipinski definition) is 3. The van der Waals surface area contributed by atoms with Crippen LogP contribution in [0.25, 0.3) is 0 Å². The van der Waals surface area contributed by atoms with Crippen LogP contribution in [-0.2, 0) is 5.33 Å². The van der Waals surface area contributed by atoms with Gasteiger partial charge in [-0.2, -0.15) is 0 Å². The van der Waals surface area contributed by atoms with E-state index in [-0.39, 0.29) is 11.4 Å². The van der Waals surface area contributed by atoms with Gasteiger partial charge in [-0.05, 0) is 6.07 Å². The lowest BCUT2D eigenvalue weighted by molar-refractivity contribution is -0.384. The average molecular weight is 231 g/mol. The van der Waals surface area contributed by atoms with E-state index < -0.39 is 4.92 Å². The molecule has 1 aromatic rings. The van der Waals surface area contributed by atoms with Gasteiger partial charge in [0.05, 0.1) is 4.92 Å². The first-order valence-corrected chi connectivity index (χ1v) is 4.36. The molecule has 0 atom stereocenters. The highest BCUT2D eigenvalue weighted by molar-refractivity contribution is 9.08. The first-order chi connectivity index (χ1) is 5.66. The van der Waals surface area contributed by atoms with Crippen LogP contribution < -0.4 is 5.73 Å². The molecule has 0 heterocycles. The van der Waals surface area contributed by atoms with Crippen LogP contribution in [0.15, 0.2) is 18.2 Å². The third kappa shape index (κ3) is 1.55. The van der Waals surface area contributed by atoms with Crippen LogP contribution in [0.1, 0.15) is 5.56 Å². The Morgan fingerprint density at radius 2 is 2.25 bits per heavy atom. The van der Waals surface area contributed by atoms with E-state index in [0.717, 1.165) is 0 Å². The van der Waals surface area contributed by atoms with Gasteiger partial charge in [-0.15, -0.1) is 0 Å². The molecule has 0 bridgehead atoms. The van der Waals surface area contributed by atoms with Crippen molar-refractivity contribution in [3.05, 3.63) is 33.9 Å². The Bertz CT molecular complexity index is 314. The minimum Gasteiger partial charge on any atom is -0.393 e. The molecule has 2 N–H and O–H groups in total. The highest BCUT2D eigenvalue weighted by atomic mass is 79.9. The van der Waals surface area contributed by atoms with Crippen LogP contribution in [0.2, 0.25) is 0 Å². The van der Waals surface area contributed by atoms with Gasteiger partial charge in [0, 0.05) is 10.9 Å². The molecule has 0 spiro atoms. The number of nitro benzene ring substituents is 1. The Balaban J connectivity index is 3.29. The number of nitrogens with zero attached hydrogens (tertiary/aromatic N) is 1. The Hall–Kier alpha value is -1.10. The minimum absolute atomic E-state index is 0.00521. The summed E-state index contributed by atoms with van der Waals surface area (Å²) >= 11 is 3.15. The Kier molecular flexibility index (Phi) is 2.65. The van der Waals surface area contributed by atoms with E-state index in [0.29, 0.717) is 10.9 Å². The second-order valence-electron chi connectivity index (χ2n) is 2.25. The summed E-state index contributed by atoms with van der Waals surface area (Å²) in [5, 5.41) is 10.9. The molecule has 0 radical (unpaired) electrons. The maximum Gasteiger partial charge on any atom is 0.296 e. The summed E-state index contributed by atoms with van der Waals surface area (Å²) < 4.78 is 0. The van der Waals surface area contributed by atoms with Crippen LogP contribution >= 0.6 is 15.9 Å². The number of alkyl halides is 1. The second kappa shape index (κ2) is 3.53. The quantitative estimate of drug-likeness (QED) is 0.366. The number of nitro groups is 1. The van der Waals surface area contributed by atoms with Crippen molar-refractivity contribution in [1.29, 1.82) is 0 Å². The molecule has 0 saturated carbocycles. The largest absolute Gasteiger partial charge is 0.393 e. The van der Waals surface area contributed by atoms with Crippen LogP contribution in [0.4, 0.5) is 11.4 Å². The number of hydrogen-bond donors (Lipinski definition) is 1. The smallest absolute Gasteiger partial charge is 0.296 e. The third-order valence-corrected chi connectivity index (χ3v) is 2.08. The zero-order valence-corrected chi connectivity index (χ0v) is 7.74. The molecule has 1 rings (SSSR count). The molecular weight excluding hydrogens is 224 g/mol. The number of anilines is 1. The summed E-state index contributed by atoms with van der Waals surface area (Å²) in [6.07, 6.45) is 0. The number of benzene rings is 1. The summed E-state index contributed by atoms with van der Waals surface area (Å²) in [6.45, 7) is 0. The fourth-order valence-electron chi connectivity index (χ4n) is 0.942. The van der Waals surface area contributed by atoms with E-state index in [1.165, 1.54) is 6.07 Å². The maximum atomic E-state index is 10.5. The number of nitrogen functional groups attached to an aromatic ring is 1. The molecule has 1 aromatic carbocycles. The standard InChI is InChI=1S/C7H7BrN2O2/c8-4-5-2-1-3-6(9)7(5)10(11)12/h1-3H,4,9H2. The Morgan fingerprint density at radius 1 is 1.58 bits per heavy atom. The van der Waals surface area contributed by atoms with Crippen molar-refractivity contribution in [3.63, 3.8) is 0 Å². The van der Waals surface area contributed by atoms with Crippen LogP contribution in [0.3, 0.4) is 0 Å². The predicted octanol–water partition coefficient (Wildman–Crippen LogP) is 2.07. The lowest BCUT2D eigenvalue weighted by atomic mass is 10.2. The summed E-state index contributed by atoms with van der Waals surface area (Å²) in [6, 6.07) is 4.88. The maximum absolute atomic E-state index is 10.5. The molecule has 0 fully saturated rings. The van der Waals surface area contributed by atoms with E-state index in [2.05, 4.69) is 15.9 Å². The number of nitrogens with two attached hydrogens (primary N) is 1. The molecule has 0 amide bonds. The molecule has 0 aromatic heterocycles. The van der Waals surface area contributed by atoms with Crippen molar-refractivity contribution in [2.45, 2.75) is 5.33 Å². The minimum atomic E-state index is -0.466.